The molecule has 0 radical (unpaired) electrons. The van der Waals surface area contributed by atoms with Gasteiger partial charge in [0.2, 0.25) is 0 Å². The Kier molecular flexibility index (Phi) is 6.18. The maximum Gasteiger partial charge on any atom is 0.131 e. The maximum atomic E-state index is 6.31. The van der Waals surface area contributed by atoms with Gasteiger partial charge in [0.05, 0.1) is 16.7 Å². The van der Waals surface area contributed by atoms with E-state index in [0.29, 0.717) is 5.84 Å². The topological polar surface area (TPSA) is 43.3 Å². The van der Waals surface area contributed by atoms with Crippen LogP contribution in [0.25, 0.3) is 49.7 Å². The minimum absolute atomic E-state index is 0.519. The molecule has 1 aromatic heterocycles. The standard InChI is InChI=1S/C38H29N3/c1-26-32(14-9-15-35(26)40-38(39)30-10-3-2-4-11-30)29-20-18-27(19-21-29)28-22-24-31(25-23-28)41-36-16-7-5-12-33(36)34-13-6-8-17-37(34)41/h2-25H,1H3,(H2,39,40). The third-order valence-electron chi connectivity index (χ3n) is 7.85. The van der Waals surface area contributed by atoms with Crippen molar-refractivity contribution in [1.82, 2.24) is 4.57 Å². The summed E-state index contributed by atoms with van der Waals surface area (Å²) in [4.78, 5) is 4.74. The number of fused-ring (bicyclic) bond motifs is 3. The average molecular weight is 528 g/mol. The molecule has 3 nitrogen and oxygen atoms in total. The van der Waals surface area contributed by atoms with E-state index in [0.717, 1.165) is 33.6 Å². The molecule has 0 saturated carbocycles. The zero-order chi connectivity index (χ0) is 27.8. The van der Waals surface area contributed by atoms with Crippen molar-refractivity contribution in [3.8, 4) is 27.9 Å². The second-order valence-corrected chi connectivity index (χ2v) is 10.3. The number of aromatic nitrogens is 1. The lowest BCUT2D eigenvalue weighted by molar-refractivity contribution is 1.18. The van der Waals surface area contributed by atoms with Crippen LogP contribution in [0.15, 0.2) is 151 Å². The summed E-state index contributed by atoms with van der Waals surface area (Å²) in [5.41, 5.74) is 17.5. The Labute approximate surface area is 239 Å². The molecule has 41 heavy (non-hydrogen) atoms. The van der Waals surface area contributed by atoms with Gasteiger partial charge in [0, 0.05) is 22.0 Å². The van der Waals surface area contributed by atoms with Crippen LogP contribution in [0.5, 0.6) is 0 Å². The van der Waals surface area contributed by atoms with E-state index >= 15 is 0 Å². The molecule has 6 aromatic carbocycles. The number of hydrogen-bond donors (Lipinski definition) is 1. The van der Waals surface area contributed by atoms with Gasteiger partial charge in [-0.1, -0.05) is 115 Å². The second-order valence-electron chi connectivity index (χ2n) is 10.3. The molecule has 0 bridgehead atoms. The zero-order valence-corrected chi connectivity index (χ0v) is 22.8. The monoisotopic (exact) mass is 527 g/mol. The van der Waals surface area contributed by atoms with Gasteiger partial charge in [-0.3, -0.25) is 0 Å². The summed E-state index contributed by atoms with van der Waals surface area (Å²) in [6, 6.07) is 50.9. The fourth-order valence-electron chi connectivity index (χ4n) is 5.71. The number of nitrogens with two attached hydrogens (primary N) is 1. The van der Waals surface area contributed by atoms with Gasteiger partial charge in [-0.15, -0.1) is 0 Å². The summed E-state index contributed by atoms with van der Waals surface area (Å²) in [6.45, 7) is 2.10. The minimum atomic E-state index is 0.519. The van der Waals surface area contributed by atoms with Crippen LogP contribution >= 0.6 is 0 Å². The van der Waals surface area contributed by atoms with Gasteiger partial charge in [-0.25, -0.2) is 4.99 Å². The first-order valence-corrected chi connectivity index (χ1v) is 13.9. The largest absolute Gasteiger partial charge is 0.383 e. The van der Waals surface area contributed by atoms with Crippen molar-refractivity contribution in [2.45, 2.75) is 6.92 Å². The Balaban J connectivity index is 1.19. The van der Waals surface area contributed by atoms with Gasteiger partial charge < -0.3 is 10.3 Å². The quantitative estimate of drug-likeness (QED) is 0.176. The van der Waals surface area contributed by atoms with Gasteiger partial charge >= 0.3 is 0 Å². The van der Waals surface area contributed by atoms with Gasteiger partial charge in [0.15, 0.2) is 0 Å². The van der Waals surface area contributed by atoms with E-state index in [1.54, 1.807) is 0 Å². The highest BCUT2D eigenvalue weighted by atomic mass is 15.0. The van der Waals surface area contributed by atoms with Gasteiger partial charge in [-0.05, 0) is 65.1 Å². The number of aliphatic imine (C=N–C) groups is 1. The summed E-state index contributed by atoms with van der Waals surface area (Å²) in [7, 11) is 0. The fourth-order valence-corrected chi connectivity index (χ4v) is 5.71. The maximum absolute atomic E-state index is 6.31. The Hall–Kier alpha value is -5.41. The molecule has 0 unspecified atom stereocenters. The molecule has 7 rings (SSSR count). The predicted molar refractivity (Wildman–Crippen MR) is 173 cm³/mol. The number of para-hydroxylation sites is 2. The molecular weight excluding hydrogens is 498 g/mol. The average Bonchev–Trinajstić information content (AvgIpc) is 3.37. The lowest BCUT2D eigenvalue weighted by Crippen LogP contribution is -2.12. The first-order valence-electron chi connectivity index (χ1n) is 13.9. The van der Waals surface area contributed by atoms with Crippen molar-refractivity contribution in [1.29, 1.82) is 0 Å². The molecule has 0 aliphatic heterocycles. The molecule has 2 N–H and O–H groups in total. The van der Waals surface area contributed by atoms with Crippen molar-refractivity contribution in [3.05, 3.63) is 157 Å². The Bertz CT molecular complexity index is 1980. The van der Waals surface area contributed by atoms with Gasteiger partial charge in [0.25, 0.3) is 0 Å². The third kappa shape index (κ3) is 4.48. The molecule has 0 amide bonds. The number of benzene rings is 6. The molecule has 0 fully saturated rings. The smallest absolute Gasteiger partial charge is 0.131 e. The first-order chi connectivity index (χ1) is 20.2. The van der Waals surface area contributed by atoms with Crippen molar-refractivity contribution < 1.29 is 0 Å². The van der Waals surface area contributed by atoms with Crippen LogP contribution in [0.4, 0.5) is 5.69 Å². The highest BCUT2D eigenvalue weighted by Crippen LogP contribution is 2.34. The molecule has 196 valence electrons. The molecule has 3 heteroatoms. The van der Waals surface area contributed by atoms with Crippen LogP contribution in [-0.4, -0.2) is 10.4 Å². The van der Waals surface area contributed by atoms with E-state index in [-0.39, 0.29) is 0 Å². The predicted octanol–water partition coefficient (Wildman–Crippen LogP) is 9.46. The van der Waals surface area contributed by atoms with E-state index in [1.807, 2.05) is 42.5 Å². The summed E-state index contributed by atoms with van der Waals surface area (Å²) >= 11 is 0. The van der Waals surface area contributed by atoms with Crippen molar-refractivity contribution >= 4 is 33.3 Å². The molecule has 0 aliphatic carbocycles. The summed E-state index contributed by atoms with van der Waals surface area (Å²) < 4.78 is 2.35. The van der Waals surface area contributed by atoms with E-state index < -0.39 is 0 Å². The van der Waals surface area contributed by atoms with Crippen LogP contribution in [0.2, 0.25) is 0 Å². The highest BCUT2D eigenvalue weighted by Gasteiger charge is 2.12. The van der Waals surface area contributed by atoms with E-state index in [2.05, 4.69) is 115 Å². The Morgan fingerprint density at radius 2 is 1.07 bits per heavy atom. The zero-order valence-electron chi connectivity index (χ0n) is 22.8. The Morgan fingerprint density at radius 1 is 0.537 bits per heavy atom. The van der Waals surface area contributed by atoms with Crippen LogP contribution in [0.1, 0.15) is 11.1 Å². The van der Waals surface area contributed by atoms with Crippen molar-refractivity contribution in [2.24, 2.45) is 10.7 Å². The molecular formula is C38H29N3. The number of hydrogen-bond acceptors (Lipinski definition) is 1. The summed E-state index contributed by atoms with van der Waals surface area (Å²) in [6.07, 6.45) is 0. The molecule has 0 saturated heterocycles. The highest BCUT2D eigenvalue weighted by molar-refractivity contribution is 6.09. The number of rotatable bonds is 5. The van der Waals surface area contributed by atoms with Crippen LogP contribution in [0.3, 0.4) is 0 Å². The van der Waals surface area contributed by atoms with Crippen LogP contribution in [-0.2, 0) is 0 Å². The van der Waals surface area contributed by atoms with Crippen LogP contribution < -0.4 is 5.73 Å². The SMILES string of the molecule is Cc1c(N=C(N)c2ccccc2)cccc1-c1ccc(-c2ccc(-n3c4ccccc4c4ccccc43)cc2)cc1. The molecule has 1 heterocycles. The Morgan fingerprint density at radius 3 is 1.71 bits per heavy atom. The lowest BCUT2D eigenvalue weighted by Gasteiger charge is -2.12. The van der Waals surface area contributed by atoms with Gasteiger partial charge in [0.1, 0.15) is 5.84 Å². The molecule has 0 atom stereocenters. The van der Waals surface area contributed by atoms with Crippen molar-refractivity contribution in [3.63, 3.8) is 0 Å². The van der Waals surface area contributed by atoms with E-state index in [1.165, 1.54) is 32.9 Å². The molecule has 0 aliphatic rings. The van der Waals surface area contributed by atoms with Crippen molar-refractivity contribution in [2.75, 3.05) is 0 Å². The number of nitrogens with zero attached hydrogens (tertiary/aromatic N) is 2. The fraction of sp³-hybridized carbons (Fsp3) is 0.0263. The third-order valence-corrected chi connectivity index (χ3v) is 7.85. The first kappa shape index (κ1) is 24.6. The van der Waals surface area contributed by atoms with Gasteiger partial charge in [-0.2, -0.15) is 0 Å². The number of amidine groups is 1. The summed E-state index contributed by atoms with van der Waals surface area (Å²) in [5, 5.41) is 2.55. The molecule has 0 spiro atoms. The molecule has 7 aromatic rings. The normalized spacial score (nSPS) is 11.8. The second kappa shape index (κ2) is 10.3. The van der Waals surface area contributed by atoms with E-state index in [9.17, 15) is 0 Å². The van der Waals surface area contributed by atoms with E-state index in [4.69, 9.17) is 10.7 Å². The summed E-state index contributed by atoms with van der Waals surface area (Å²) in [5.74, 6) is 0.519. The van der Waals surface area contributed by atoms with Crippen LogP contribution in [0, 0.1) is 6.92 Å². The lowest BCUT2D eigenvalue weighted by atomic mass is 9.96. The minimum Gasteiger partial charge on any atom is -0.383 e.